The van der Waals surface area contributed by atoms with Crippen LogP contribution < -0.4 is 20.8 Å². The summed E-state index contributed by atoms with van der Waals surface area (Å²) in [6.07, 6.45) is 1.36. The van der Waals surface area contributed by atoms with Crippen LogP contribution in [0.4, 0.5) is 0 Å². The van der Waals surface area contributed by atoms with Gasteiger partial charge in [-0.1, -0.05) is 18.2 Å². The Morgan fingerprint density at radius 3 is 2.72 bits per heavy atom. The number of carbonyl (C=O) groups is 1. The fraction of sp³-hybridized carbons (Fsp3) is 0.150. The molecule has 0 saturated heterocycles. The minimum Gasteiger partial charge on any atom is -0.507 e. The van der Waals surface area contributed by atoms with E-state index in [0.717, 1.165) is 0 Å². The van der Waals surface area contributed by atoms with Gasteiger partial charge in [0.15, 0.2) is 16.6 Å². The molecule has 1 heterocycles. The molecule has 1 unspecified atom stereocenters. The number of amides is 1. The topological polar surface area (TPSA) is 115 Å². The zero-order valence-corrected chi connectivity index (χ0v) is 16.6. The highest BCUT2D eigenvalue weighted by atomic mass is 32.1. The lowest BCUT2D eigenvalue weighted by molar-refractivity contribution is -0.117. The second-order valence-corrected chi connectivity index (χ2v) is 6.67. The number of hydrazone groups is 1. The minimum atomic E-state index is -0.571. The smallest absolute Gasteiger partial charge is 0.271 e. The number of ether oxygens (including phenoxy) is 1. The van der Waals surface area contributed by atoms with Gasteiger partial charge >= 0.3 is 0 Å². The summed E-state index contributed by atoms with van der Waals surface area (Å²) in [7, 11) is 1.45. The first-order chi connectivity index (χ1) is 13.9. The number of allylic oxidation sites excluding steroid dienone is 1. The van der Waals surface area contributed by atoms with Crippen LogP contribution in [-0.2, 0) is 4.79 Å². The molecule has 1 amide bonds. The molecule has 29 heavy (non-hydrogen) atoms. The molecule has 2 aromatic carbocycles. The van der Waals surface area contributed by atoms with Crippen molar-refractivity contribution >= 4 is 29.5 Å². The predicted molar refractivity (Wildman–Crippen MR) is 113 cm³/mol. The molecule has 0 bridgehead atoms. The fourth-order valence-electron chi connectivity index (χ4n) is 2.94. The largest absolute Gasteiger partial charge is 0.507 e. The summed E-state index contributed by atoms with van der Waals surface area (Å²) < 4.78 is 5.16. The molecule has 1 aliphatic heterocycles. The maximum atomic E-state index is 12.8. The van der Waals surface area contributed by atoms with Crippen LogP contribution in [0.15, 0.2) is 58.8 Å². The SMILES string of the molecule is COc1cc(C2NC(=S)NC(C)=C2C(=O)N/N=C/c2ccccc2O)ccc1O. The van der Waals surface area contributed by atoms with Crippen LogP contribution in [0.5, 0.6) is 17.2 Å². The van der Waals surface area contributed by atoms with E-state index in [9.17, 15) is 15.0 Å². The Balaban J connectivity index is 1.87. The first kappa shape index (κ1) is 20.2. The van der Waals surface area contributed by atoms with Crippen LogP contribution in [0, 0.1) is 0 Å². The number of carbonyl (C=O) groups excluding carboxylic acids is 1. The molecule has 0 saturated carbocycles. The summed E-state index contributed by atoms with van der Waals surface area (Å²) in [4.78, 5) is 12.8. The van der Waals surface area contributed by atoms with E-state index in [2.05, 4.69) is 21.2 Å². The molecule has 150 valence electrons. The molecule has 0 aliphatic carbocycles. The molecule has 0 spiro atoms. The number of benzene rings is 2. The van der Waals surface area contributed by atoms with Gasteiger partial charge in [-0.2, -0.15) is 5.10 Å². The fourth-order valence-corrected chi connectivity index (χ4v) is 3.21. The molecule has 9 heteroatoms. The lowest BCUT2D eigenvalue weighted by atomic mass is 9.95. The van der Waals surface area contributed by atoms with Crippen molar-refractivity contribution in [3.05, 3.63) is 64.9 Å². The number of hydrogen-bond donors (Lipinski definition) is 5. The average molecular weight is 412 g/mol. The number of hydrogen-bond acceptors (Lipinski definition) is 6. The Bertz CT molecular complexity index is 1020. The van der Waals surface area contributed by atoms with Crippen LogP contribution in [0.2, 0.25) is 0 Å². The van der Waals surface area contributed by atoms with E-state index in [1.54, 1.807) is 37.3 Å². The minimum absolute atomic E-state index is 0.00765. The Hall–Kier alpha value is -3.59. The van der Waals surface area contributed by atoms with E-state index in [4.69, 9.17) is 17.0 Å². The van der Waals surface area contributed by atoms with Gasteiger partial charge in [-0.25, -0.2) is 5.43 Å². The standard InChI is InChI=1S/C20H20N4O4S/c1-11-17(19(27)24-21-10-13-5-3-4-6-14(13)25)18(23-20(29)22-11)12-7-8-15(26)16(9-12)28-2/h3-10,18,25-26H,1-2H3,(H,24,27)(H2,22,23,29)/b21-10+. The molecule has 5 N–H and O–H groups in total. The highest BCUT2D eigenvalue weighted by molar-refractivity contribution is 7.80. The molecule has 2 aromatic rings. The number of para-hydroxylation sites is 1. The quantitative estimate of drug-likeness (QED) is 0.290. The van der Waals surface area contributed by atoms with Crippen molar-refractivity contribution in [2.24, 2.45) is 5.10 Å². The first-order valence-corrected chi connectivity index (χ1v) is 9.08. The Morgan fingerprint density at radius 1 is 1.24 bits per heavy atom. The van der Waals surface area contributed by atoms with Crippen molar-refractivity contribution in [3.8, 4) is 17.2 Å². The predicted octanol–water partition coefficient (Wildman–Crippen LogP) is 2.05. The molecule has 8 nitrogen and oxygen atoms in total. The second-order valence-electron chi connectivity index (χ2n) is 6.26. The summed E-state index contributed by atoms with van der Waals surface area (Å²) in [6, 6.07) is 10.9. The van der Waals surface area contributed by atoms with E-state index >= 15 is 0 Å². The zero-order valence-electron chi connectivity index (χ0n) is 15.8. The number of rotatable bonds is 5. The third kappa shape index (κ3) is 4.46. The third-order valence-corrected chi connectivity index (χ3v) is 4.58. The number of phenolic OH excluding ortho intramolecular Hbond substituents is 2. The summed E-state index contributed by atoms with van der Waals surface area (Å²) in [5, 5.41) is 29.9. The van der Waals surface area contributed by atoms with E-state index in [1.807, 2.05) is 0 Å². The van der Waals surface area contributed by atoms with E-state index in [0.29, 0.717) is 27.5 Å². The average Bonchev–Trinajstić information content (AvgIpc) is 2.69. The maximum Gasteiger partial charge on any atom is 0.271 e. The van der Waals surface area contributed by atoms with Gasteiger partial charge < -0.3 is 25.6 Å². The van der Waals surface area contributed by atoms with Gasteiger partial charge in [0.25, 0.3) is 5.91 Å². The van der Waals surface area contributed by atoms with Gasteiger partial charge in [0.05, 0.1) is 24.9 Å². The highest BCUT2D eigenvalue weighted by Crippen LogP contribution is 2.33. The van der Waals surface area contributed by atoms with Gasteiger partial charge in [0.2, 0.25) is 0 Å². The third-order valence-electron chi connectivity index (χ3n) is 4.36. The molecular weight excluding hydrogens is 392 g/mol. The number of nitrogens with one attached hydrogen (secondary N) is 3. The van der Waals surface area contributed by atoms with Crippen molar-refractivity contribution in [2.75, 3.05) is 7.11 Å². The monoisotopic (exact) mass is 412 g/mol. The second kappa shape index (κ2) is 8.61. The lowest BCUT2D eigenvalue weighted by Crippen LogP contribution is -2.46. The number of methoxy groups -OCH3 is 1. The molecule has 0 fully saturated rings. The molecule has 3 rings (SSSR count). The Labute approximate surface area is 172 Å². The van der Waals surface area contributed by atoms with Crippen LogP contribution >= 0.6 is 12.2 Å². The van der Waals surface area contributed by atoms with Crippen molar-refractivity contribution in [1.29, 1.82) is 0 Å². The molecule has 1 atom stereocenters. The maximum absolute atomic E-state index is 12.8. The summed E-state index contributed by atoms with van der Waals surface area (Å²) >= 11 is 5.23. The van der Waals surface area contributed by atoms with Gasteiger partial charge in [-0.05, 0) is 49.0 Å². The lowest BCUT2D eigenvalue weighted by Gasteiger charge is -2.30. The van der Waals surface area contributed by atoms with Gasteiger partial charge in [0.1, 0.15) is 5.75 Å². The molecule has 0 aromatic heterocycles. The molecular formula is C20H20N4O4S. The van der Waals surface area contributed by atoms with Crippen molar-refractivity contribution < 1.29 is 19.7 Å². The zero-order chi connectivity index (χ0) is 21.0. The van der Waals surface area contributed by atoms with Crippen LogP contribution in [0.3, 0.4) is 0 Å². The van der Waals surface area contributed by atoms with Crippen LogP contribution in [0.1, 0.15) is 24.1 Å². The highest BCUT2D eigenvalue weighted by Gasteiger charge is 2.30. The number of nitrogens with zero attached hydrogens (tertiary/aromatic N) is 1. The van der Waals surface area contributed by atoms with Crippen LogP contribution in [0.25, 0.3) is 0 Å². The van der Waals surface area contributed by atoms with E-state index in [1.165, 1.54) is 25.5 Å². The molecule has 0 radical (unpaired) electrons. The Morgan fingerprint density at radius 2 is 2.00 bits per heavy atom. The van der Waals surface area contributed by atoms with Gasteiger partial charge in [0, 0.05) is 11.3 Å². The number of thiocarbonyl (C=S) groups is 1. The number of phenols is 2. The number of aromatic hydroxyl groups is 2. The summed E-state index contributed by atoms with van der Waals surface area (Å²) in [6.45, 7) is 1.74. The normalized spacial score (nSPS) is 16.3. The van der Waals surface area contributed by atoms with Crippen LogP contribution in [-0.4, -0.2) is 34.6 Å². The van der Waals surface area contributed by atoms with Crippen molar-refractivity contribution in [3.63, 3.8) is 0 Å². The molecule has 1 aliphatic rings. The van der Waals surface area contributed by atoms with Gasteiger partial charge in [-0.15, -0.1) is 0 Å². The van der Waals surface area contributed by atoms with Gasteiger partial charge in [-0.3, -0.25) is 4.79 Å². The van der Waals surface area contributed by atoms with Crippen molar-refractivity contribution in [1.82, 2.24) is 16.1 Å². The Kier molecular flexibility index (Phi) is 5.99. The van der Waals surface area contributed by atoms with E-state index < -0.39 is 11.9 Å². The summed E-state index contributed by atoms with van der Waals surface area (Å²) in [5.74, 6) is -0.120. The summed E-state index contributed by atoms with van der Waals surface area (Å²) in [5.41, 5.74) is 4.57. The van der Waals surface area contributed by atoms with E-state index in [-0.39, 0.29) is 17.2 Å². The first-order valence-electron chi connectivity index (χ1n) is 8.67. The van der Waals surface area contributed by atoms with Crippen molar-refractivity contribution in [2.45, 2.75) is 13.0 Å².